The largest absolute Gasteiger partial charge is 0.493 e. The van der Waals surface area contributed by atoms with Gasteiger partial charge in [0.1, 0.15) is 23.3 Å². The lowest BCUT2D eigenvalue weighted by Gasteiger charge is -2.13. The Balaban J connectivity index is 1.58. The molecule has 0 aliphatic carbocycles. The average molecular weight is 409 g/mol. The van der Waals surface area contributed by atoms with Gasteiger partial charge in [0.2, 0.25) is 6.79 Å². The van der Waals surface area contributed by atoms with Crippen molar-refractivity contribution in [2.75, 3.05) is 26.5 Å². The first-order valence-corrected chi connectivity index (χ1v) is 10.2. The lowest BCUT2D eigenvalue weighted by molar-refractivity contribution is 0.0941. The fraction of sp³-hybridized carbons (Fsp3) is 0.381. The van der Waals surface area contributed by atoms with E-state index < -0.39 is 0 Å². The number of fused-ring (bicyclic) bond motifs is 2. The summed E-state index contributed by atoms with van der Waals surface area (Å²) in [5.41, 5.74) is 3.00. The van der Waals surface area contributed by atoms with E-state index in [0.29, 0.717) is 51.7 Å². The number of ether oxygens (including phenoxy) is 3. The Hall–Kier alpha value is -3.33. The number of hydrogen-bond donors (Lipinski definition) is 3. The number of carbonyl (C=O) groups excluding carboxylic acids is 1. The SMILES string of the molecule is CCCOc1ccc2c(c1-c1ncnc3c(C(=O)N[C@@H]4CCNC4)c[nH]c13)OCO2. The molecule has 5 rings (SSSR count). The summed E-state index contributed by atoms with van der Waals surface area (Å²) in [6, 6.07) is 3.81. The quantitative estimate of drug-likeness (QED) is 0.573. The van der Waals surface area contributed by atoms with Gasteiger partial charge in [-0.2, -0.15) is 0 Å². The van der Waals surface area contributed by atoms with Gasteiger partial charge in [0.25, 0.3) is 5.91 Å². The topological polar surface area (TPSA) is 110 Å². The molecule has 2 aliphatic rings. The molecule has 1 fully saturated rings. The van der Waals surface area contributed by atoms with E-state index in [1.54, 1.807) is 6.20 Å². The summed E-state index contributed by atoms with van der Waals surface area (Å²) in [4.78, 5) is 24.9. The molecular formula is C21H23N5O4. The van der Waals surface area contributed by atoms with Gasteiger partial charge in [-0.1, -0.05) is 6.92 Å². The molecule has 1 atom stereocenters. The van der Waals surface area contributed by atoms with Crippen molar-refractivity contribution in [2.45, 2.75) is 25.8 Å². The molecule has 1 aromatic carbocycles. The van der Waals surface area contributed by atoms with Crippen molar-refractivity contribution in [1.82, 2.24) is 25.6 Å². The van der Waals surface area contributed by atoms with Gasteiger partial charge >= 0.3 is 0 Å². The van der Waals surface area contributed by atoms with Crippen LogP contribution < -0.4 is 24.8 Å². The van der Waals surface area contributed by atoms with E-state index >= 15 is 0 Å². The van der Waals surface area contributed by atoms with Gasteiger partial charge < -0.3 is 29.8 Å². The highest BCUT2D eigenvalue weighted by Gasteiger charge is 2.27. The number of rotatable bonds is 6. The van der Waals surface area contributed by atoms with Crippen LogP contribution in [0.15, 0.2) is 24.7 Å². The van der Waals surface area contributed by atoms with Crippen LogP contribution in [-0.2, 0) is 0 Å². The highest BCUT2D eigenvalue weighted by atomic mass is 16.7. The van der Waals surface area contributed by atoms with Crippen LogP contribution in [0.1, 0.15) is 30.1 Å². The van der Waals surface area contributed by atoms with Crippen molar-refractivity contribution < 1.29 is 19.0 Å². The van der Waals surface area contributed by atoms with E-state index in [2.05, 4.69) is 25.6 Å². The number of carbonyl (C=O) groups is 1. The summed E-state index contributed by atoms with van der Waals surface area (Å²) in [6.07, 6.45) is 4.92. The summed E-state index contributed by atoms with van der Waals surface area (Å²) in [6.45, 7) is 4.44. The monoisotopic (exact) mass is 409 g/mol. The molecule has 0 saturated carbocycles. The van der Waals surface area contributed by atoms with Gasteiger partial charge in [0, 0.05) is 18.8 Å². The third-order valence-corrected chi connectivity index (χ3v) is 5.30. The van der Waals surface area contributed by atoms with Crippen LogP contribution in [0, 0.1) is 0 Å². The molecule has 156 valence electrons. The fourth-order valence-electron chi connectivity index (χ4n) is 3.85. The van der Waals surface area contributed by atoms with Crippen LogP contribution in [0.5, 0.6) is 17.2 Å². The predicted molar refractivity (Wildman–Crippen MR) is 110 cm³/mol. The number of benzene rings is 1. The molecule has 3 aromatic rings. The van der Waals surface area contributed by atoms with Crippen molar-refractivity contribution in [3.8, 4) is 28.5 Å². The molecule has 0 spiro atoms. The number of amides is 1. The molecular weight excluding hydrogens is 386 g/mol. The molecule has 0 radical (unpaired) electrons. The summed E-state index contributed by atoms with van der Waals surface area (Å²) < 4.78 is 17.2. The number of H-pyrrole nitrogens is 1. The molecule has 1 amide bonds. The minimum absolute atomic E-state index is 0.126. The minimum atomic E-state index is -0.153. The molecule has 2 aliphatic heterocycles. The van der Waals surface area contributed by atoms with E-state index in [9.17, 15) is 4.79 Å². The number of aromatic amines is 1. The molecule has 1 saturated heterocycles. The molecule has 30 heavy (non-hydrogen) atoms. The highest BCUT2D eigenvalue weighted by molar-refractivity contribution is 6.08. The average Bonchev–Trinajstić information content (AvgIpc) is 3.51. The van der Waals surface area contributed by atoms with Crippen molar-refractivity contribution >= 4 is 16.9 Å². The molecule has 9 heteroatoms. The van der Waals surface area contributed by atoms with Gasteiger partial charge in [0.05, 0.1) is 23.3 Å². The van der Waals surface area contributed by atoms with E-state index in [1.807, 2.05) is 19.1 Å². The van der Waals surface area contributed by atoms with Crippen molar-refractivity contribution in [3.63, 3.8) is 0 Å². The van der Waals surface area contributed by atoms with Crippen molar-refractivity contribution in [3.05, 3.63) is 30.2 Å². The maximum Gasteiger partial charge on any atom is 0.255 e. The minimum Gasteiger partial charge on any atom is -0.493 e. The predicted octanol–water partition coefficient (Wildman–Crippen LogP) is 2.23. The van der Waals surface area contributed by atoms with Gasteiger partial charge in [-0.25, -0.2) is 9.97 Å². The Labute approximate surface area is 173 Å². The van der Waals surface area contributed by atoms with E-state index in [4.69, 9.17) is 14.2 Å². The number of nitrogens with zero attached hydrogens (tertiary/aromatic N) is 2. The Kier molecular flexibility index (Phi) is 4.88. The Morgan fingerprint density at radius 1 is 1.33 bits per heavy atom. The lowest BCUT2D eigenvalue weighted by atomic mass is 10.1. The van der Waals surface area contributed by atoms with E-state index in [-0.39, 0.29) is 18.7 Å². The number of hydrogen-bond acceptors (Lipinski definition) is 7. The summed E-state index contributed by atoms with van der Waals surface area (Å²) in [5.74, 6) is 1.72. The van der Waals surface area contributed by atoms with Crippen LogP contribution in [0.2, 0.25) is 0 Å². The van der Waals surface area contributed by atoms with Crippen LogP contribution >= 0.6 is 0 Å². The standard InChI is InChI=1S/C21H23N5O4/c1-2-7-28-14-3-4-15-20(30-11-29-15)16(14)18-19-17(24-10-25-18)13(9-23-19)21(27)26-12-5-6-22-8-12/h3-4,9-10,12,22-23H,2,5-8,11H2,1H3,(H,26,27)/t12-/m1/s1. The highest BCUT2D eigenvalue weighted by Crippen LogP contribution is 2.47. The van der Waals surface area contributed by atoms with Crippen LogP contribution in [-0.4, -0.2) is 53.4 Å². The molecule has 4 heterocycles. The maximum absolute atomic E-state index is 12.8. The fourth-order valence-corrected chi connectivity index (χ4v) is 3.85. The molecule has 9 nitrogen and oxygen atoms in total. The first-order chi connectivity index (χ1) is 14.8. The number of nitrogens with one attached hydrogen (secondary N) is 3. The lowest BCUT2D eigenvalue weighted by Crippen LogP contribution is -2.36. The summed E-state index contributed by atoms with van der Waals surface area (Å²) >= 11 is 0. The summed E-state index contributed by atoms with van der Waals surface area (Å²) in [5, 5.41) is 6.31. The first kappa shape index (κ1) is 18.7. The van der Waals surface area contributed by atoms with Gasteiger partial charge in [-0.3, -0.25) is 4.79 Å². The smallest absolute Gasteiger partial charge is 0.255 e. The summed E-state index contributed by atoms with van der Waals surface area (Å²) in [7, 11) is 0. The van der Waals surface area contributed by atoms with E-state index in [0.717, 1.165) is 25.9 Å². The zero-order chi connectivity index (χ0) is 20.5. The van der Waals surface area contributed by atoms with Crippen molar-refractivity contribution in [1.29, 1.82) is 0 Å². The second kappa shape index (κ2) is 7.83. The second-order valence-electron chi connectivity index (χ2n) is 7.33. The Bertz CT molecular complexity index is 1090. The maximum atomic E-state index is 12.8. The molecule has 3 N–H and O–H groups in total. The van der Waals surface area contributed by atoms with Crippen molar-refractivity contribution in [2.24, 2.45) is 0 Å². The van der Waals surface area contributed by atoms with E-state index in [1.165, 1.54) is 6.33 Å². The molecule has 2 aromatic heterocycles. The number of aromatic nitrogens is 3. The van der Waals surface area contributed by atoms with Gasteiger partial charge in [-0.05, 0) is 31.5 Å². The normalized spacial score (nSPS) is 17.4. The zero-order valence-corrected chi connectivity index (χ0v) is 16.7. The Morgan fingerprint density at radius 2 is 2.27 bits per heavy atom. The molecule has 0 unspecified atom stereocenters. The van der Waals surface area contributed by atoms with Crippen LogP contribution in [0.3, 0.4) is 0 Å². The third-order valence-electron chi connectivity index (χ3n) is 5.30. The van der Waals surface area contributed by atoms with Gasteiger partial charge in [0.15, 0.2) is 11.5 Å². The Morgan fingerprint density at radius 3 is 3.10 bits per heavy atom. The van der Waals surface area contributed by atoms with Gasteiger partial charge in [-0.15, -0.1) is 0 Å². The van der Waals surface area contributed by atoms with Crippen LogP contribution in [0.25, 0.3) is 22.3 Å². The molecule has 0 bridgehead atoms. The van der Waals surface area contributed by atoms with Crippen LogP contribution in [0.4, 0.5) is 0 Å². The zero-order valence-electron chi connectivity index (χ0n) is 16.7. The second-order valence-corrected chi connectivity index (χ2v) is 7.33. The first-order valence-electron chi connectivity index (χ1n) is 10.2. The third kappa shape index (κ3) is 3.21.